The van der Waals surface area contributed by atoms with Crippen molar-refractivity contribution in [2.24, 2.45) is 0 Å². The molecule has 0 radical (unpaired) electrons. The molecule has 0 aromatic carbocycles. The van der Waals surface area contributed by atoms with E-state index in [1.54, 1.807) is 0 Å². The number of aliphatic hydroxyl groups is 1. The molecular weight excluding hydrogens is 148 g/mol. The van der Waals surface area contributed by atoms with Gasteiger partial charge in [-0.05, 0) is 32.6 Å². The van der Waals surface area contributed by atoms with E-state index < -0.39 is 0 Å². The molecule has 0 aliphatic heterocycles. The lowest BCUT2D eigenvalue weighted by Gasteiger charge is -2.01. The monoisotopic (exact) mass is 168 g/mol. The van der Waals surface area contributed by atoms with E-state index in [1.807, 2.05) is 0 Å². The third-order valence-corrected chi connectivity index (χ3v) is 1.86. The zero-order valence-electron chi connectivity index (χ0n) is 8.10. The van der Waals surface area contributed by atoms with Gasteiger partial charge in [0, 0.05) is 0 Å². The maximum absolute atomic E-state index is 8.67. The van der Waals surface area contributed by atoms with Crippen molar-refractivity contribution in [3.63, 3.8) is 0 Å². The highest BCUT2D eigenvalue weighted by atomic mass is 16.3. The Bertz CT molecular complexity index is 147. The van der Waals surface area contributed by atoms with Crippen LogP contribution in [-0.4, -0.2) is 11.7 Å². The summed E-state index contributed by atoms with van der Waals surface area (Å²) in [5.74, 6) is 0. The van der Waals surface area contributed by atoms with Crippen molar-refractivity contribution in [2.75, 3.05) is 6.61 Å². The van der Waals surface area contributed by atoms with E-state index in [9.17, 15) is 0 Å². The second-order valence-corrected chi connectivity index (χ2v) is 3.43. The van der Waals surface area contributed by atoms with E-state index in [1.165, 1.54) is 18.4 Å². The molecule has 0 aromatic heterocycles. The van der Waals surface area contributed by atoms with Crippen LogP contribution in [0, 0.1) is 0 Å². The van der Waals surface area contributed by atoms with Gasteiger partial charge in [0.2, 0.25) is 0 Å². The highest BCUT2D eigenvalue weighted by Gasteiger charge is 1.93. The Morgan fingerprint density at radius 3 is 2.17 bits per heavy atom. The molecule has 0 aromatic rings. The summed E-state index contributed by atoms with van der Waals surface area (Å²) < 4.78 is 0. The van der Waals surface area contributed by atoms with E-state index in [0.717, 1.165) is 24.8 Å². The van der Waals surface area contributed by atoms with Gasteiger partial charge >= 0.3 is 0 Å². The summed E-state index contributed by atoms with van der Waals surface area (Å²) in [5, 5.41) is 8.67. The second kappa shape index (κ2) is 7.11. The lowest BCUT2D eigenvalue weighted by atomic mass is 10.1. The van der Waals surface area contributed by atoms with E-state index >= 15 is 0 Å². The fourth-order valence-electron chi connectivity index (χ4n) is 1.06. The molecule has 0 amide bonds. The second-order valence-electron chi connectivity index (χ2n) is 3.43. The van der Waals surface area contributed by atoms with Gasteiger partial charge in [-0.25, -0.2) is 0 Å². The van der Waals surface area contributed by atoms with Gasteiger partial charge in [0.15, 0.2) is 0 Å². The molecule has 1 N–H and O–H groups in total. The Labute approximate surface area is 75.8 Å². The number of hydrogen-bond donors (Lipinski definition) is 1. The molecule has 70 valence electrons. The van der Waals surface area contributed by atoms with Gasteiger partial charge < -0.3 is 5.11 Å². The molecule has 12 heavy (non-hydrogen) atoms. The van der Waals surface area contributed by atoms with Crippen LogP contribution in [0.25, 0.3) is 0 Å². The van der Waals surface area contributed by atoms with Crippen molar-refractivity contribution in [3.05, 3.63) is 24.3 Å². The summed E-state index contributed by atoms with van der Waals surface area (Å²) >= 11 is 0. The van der Waals surface area contributed by atoms with Gasteiger partial charge in [-0.15, -0.1) is 6.58 Å². The standard InChI is InChI=1S/C11H20O/c1-10(2)7-5-4-6-8-11(3)9-12/h12H,1,3-9H2,2H3. The predicted octanol–water partition coefficient (Wildman–Crippen LogP) is 3.06. The highest BCUT2D eigenvalue weighted by molar-refractivity contribution is 4.93. The lowest BCUT2D eigenvalue weighted by molar-refractivity contribution is 0.326. The molecule has 0 aliphatic carbocycles. The number of rotatable bonds is 7. The van der Waals surface area contributed by atoms with E-state index in [2.05, 4.69) is 20.1 Å². The normalized spacial score (nSPS) is 9.83. The quantitative estimate of drug-likeness (QED) is 0.457. The Kier molecular flexibility index (Phi) is 6.78. The molecule has 0 atom stereocenters. The number of hydrogen-bond acceptors (Lipinski definition) is 1. The first kappa shape index (κ1) is 11.4. The predicted molar refractivity (Wildman–Crippen MR) is 54.1 cm³/mol. The van der Waals surface area contributed by atoms with Gasteiger partial charge in [0.05, 0.1) is 6.61 Å². The molecule has 0 rings (SSSR count). The first-order valence-electron chi connectivity index (χ1n) is 4.58. The van der Waals surface area contributed by atoms with Gasteiger partial charge in [0.1, 0.15) is 0 Å². The maximum Gasteiger partial charge on any atom is 0.0639 e. The third-order valence-electron chi connectivity index (χ3n) is 1.86. The number of allylic oxidation sites excluding steroid dienone is 1. The van der Waals surface area contributed by atoms with E-state index in [-0.39, 0.29) is 6.61 Å². The van der Waals surface area contributed by atoms with Crippen LogP contribution in [0.5, 0.6) is 0 Å². The molecule has 0 aliphatic rings. The summed E-state index contributed by atoms with van der Waals surface area (Å²) in [6, 6.07) is 0. The maximum atomic E-state index is 8.67. The van der Waals surface area contributed by atoms with Crippen LogP contribution < -0.4 is 0 Å². The molecule has 0 spiro atoms. The van der Waals surface area contributed by atoms with E-state index in [4.69, 9.17) is 5.11 Å². The van der Waals surface area contributed by atoms with Crippen LogP contribution in [0.2, 0.25) is 0 Å². The molecule has 0 unspecified atom stereocenters. The average Bonchev–Trinajstić information content (AvgIpc) is 2.03. The van der Waals surface area contributed by atoms with E-state index in [0.29, 0.717) is 0 Å². The van der Waals surface area contributed by atoms with Crippen molar-refractivity contribution < 1.29 is 5.11 Å². The smallest absolute Gasteiger partial charge is 0.0639 e. The Morgan fingerprint density at radius 2 is 1.67 bits per heavy atom. The van der Waals surface area contributed by atoms with Gasteiger partial charge in [-0.1, -0.05) is 24.1 Å². The van der Waals surface area contributed by atoms with Crippen LogP contribution in [0.3, 0.4) is 0 Å². The highest BCUT2D eigenvalue weighted by Crippen LogP contribution is 2.10. The minimum Gasteiger partial charge on any atom is -0.392 e. The number of unbranched alkanes of at least 4 members (excludes halogenated alkanes) is 2. The average molecular weight is 168 g/mol. The van der Waals surface area contributed by atoms with Crippen molar-refractivity contribution in [1.29, 1.82) is 0 Å². The fourth-order valence-corrected chi connectivity index (χ4v) is 1.06. The summed E-state index contributed by atoms with van der Waals surface area (Å²) in [5.41, 5.74) is 2.21. The van der Waals surface area contributed by atoms with Crippen LogP contribution in [-0.2, 0) is 0 Å². The van der Waals surface area contributed by atoms with Crippen molar-refractivity contribution in [1.82, 2.24) is 0 Å². The molecule has 0 bridgehead atoms. The molecule has 0 heterocycles. The Morgan fingerprint density at radius 1 is 1.08 bits per heavy atom. The van der Waals surface area contributed by atoms with Gasteiger partial charge in [-0.2, -0.15) is 0 Å². The summed E-state index contributed by atoms with van der Waals surface area (Å²) in [6.07, 6.45) is 5.67. The SMILES string of the molecule is C=C(C)CCCCCC(=C)CO. The van der Waals surface area contributed by atoms with Crippen molar-refractivity contribution in [3.8, 4) is 0 Å². The molecule has 1 nitrogen and oxygen atoms in total. The molecular formula is C11H20O. The van der Waals surface area contributed by atoms with Crippen LogP contribution in [0.15, 0.2) is 24.3 Å². The Hall–Kier alpha value is -0.560. The molecule has 0 saturated carbocycles. The fraction of sp³-hybridized carbons (Fsp3) is 0.636. The van der Waals surface area contributed by atoms with Crippen LogP contribution in [0.1, 0.15) is 39.0 Å². The third kappa shape index (κ3) is 7.55. The van der Waals surface area contributed by atoms with Gasteiger partial charge in [0.25, 0.3) is 0 Å². The van der Waals surface area contributed by atoms with Crippen molar-refractivity contribution in [2.45, 2.75) is 39.0 Å². The zero-order valence-corrected chi connectivity index (χ0v) is 8.10. The topological polar surface area (TPSA) is 20.2 Å². The zero-order chi connectivity index (χ0) is 9.40. The minimum atomic E-state index is 0.139. The molecule has 0 fully saturated rings. The first-order chi connectivity index (χ1) is 5.66. The minimum absolute atomic E-state index is 0.139. The lowest BCUT2D eigenvalue weighted by Crippen LogP contribution is -1.88. The summed E-state index contributed by atoms with van der Waals surface area (Å²) in [7, 11) is 0. The summed E-state index contributed by atoms with van der Waals surface area (Å²) in [6.45, 7) is 9.79. The number of aliphatic hydroxyl groups excluding tert-OH is 1. The summed E-state index contributed by atoms with van der Waals surface area (Å²) in [4.78, 5) is 0. The Balaban J connectivity index is 3.11. The first-order valence-corrected chi connectivity index (χ1v) is 4.58. The molecule has 0 saturated heterocycles. The van der Waals surface area contributed by atoms with Crippen LogP contribution in [0.4, 0.5) is 0 Å². The van der Waals surface area contributed by atoms with Crippen molar-refractivity contribution >= 4 is 0 Å². The molecule has 1 heteroatoms. The van der Waals surface area contributed by atoms with Crippen LogP contribution >= 0.6 is 0 Å². The van der Waals surface area contributed by atoms with Gasteiger partial charge in [-0.3, -0.25) is 0 Å². The largest absolute Gasteiger partial charge is 0.392 e.